The van der Waals surface area contributed by atoms with Gasteiger partial charge in [0.2, 0.25) is 0 Å². The number of hydrogen-bond acceptors (Lipinski definition) is 2. The molecule has 0 saturated heterocycles. The van der Waals surface area contributed by atoms with Gasteiger partial charge in [0.05, 0.1) is 11.9 Å². The minimum atomic E-state index is 0.0769. The lowest BCUT2D eigenvalue weighted by Crippen LogP contribution is -2.10. The third kappa shape index (κ3) is 1.88. The molecule has 2 rings (SSSR count). The molecule has 0 atom stereocenters. The van der Waals surface area contributed by atoms with Crippen molar-refractivity contribution in [1.82, 2.24) is 9.97 Å². The lowest BCUT2D eigenvalue weighted by atomic mass is 10.1. The number of aromatic amines is 1. The van der Waals surface area contributed by atoms with Crippen molar-refractivity contribution in [3.63, 3.8) is 0 Å². The Labute approximate surface area is 87.7 Å². The third-order valence-corrected chi connectivity index (χ3v) is 2.19. The van der Waals surface area contributed by atoms with Gasteiger partial charge in [-0.1, -0.05) is 18.2 Å². The quantitative estimate of drug-likeness (QED) is 0.509. The Morgan fingerprint density at radius 1 is 1.47 bits per heavy atom. The van der Waals surface area contributed by atoms with Crippen molar-refractivity contribution >= 4 is 5.84 Å². The maximum Gasteiger partial charge on any atom is 0.122 e. The van der Waals surface area contributed by atoms with Gasteiger partial charge in [0.25, 0.3) is 0 Å². The van der Waals surface area contributed by atoms with E-state index in [1.165, 1.54) is 0 Å². The molecule has 76 valence electrons. The lowest BCUT2D eigenvalue weighted by Gasteiger charge is -2.01. The van der Waals surface area contributed by atoms with E-state index in [2.05, 4.69) is 9.97 Å². The highest BCUT2D eigenvalue weighted by Gasteiger charge is 2.02. The standard InChI is InChI=1S/C11H12N4/c1-7-14-6-10(15-7)8-3-2-4-9(5-8)11(12)13/h2-6H,1H3,(H3,12,13)(H,14,15). The molecule has 4 heteroatoms. The van der Waals surface area contributed by atoms with Gasteiger partial charge in [0.1, 0.15) is 11.7 Å². The number of nitrogens with one attached hydrogen (secondary N) is 2. The molecular weight excluding hydrogens is 188 g/mol. The van der Waals surface area contributed by atoms with Gasteiger partial charge in [-0.05, 0) is 13.0 Å². The van der Waals surface area contributed by atoms with Crippen molar-refractivity contribution in [2.24, 2.45) is 5.73 Å². The molecule has 4 nitrogen and oxygen atoms in total. The van der Waals surface area contributed by atoms with Gasteiger partial charge in [-0.25, -0.2) is 4.98 Å². The van der Waals surface area contributed by atoms with E-state index < -0.39 is 0 Å². The number of imidazole rings is 1. The molecule has 0 aliphatic heterocycles. The molecular formula is C11H12N4. The second-order valence-corrected chi connectivity index (χ2v) is 3.38. The molecule has 0 saturated carbocycles. The predicted molar refractivity (Wildman–Crippen MR) is 59.8 cm³/mol. The summed E-state index contributed by atoms with van der Waals surface area (Å²) in [4.78, 5) is 7.26. The van der Waals surface area contributed by atoms with Crippen LogP contribution in [0.5, 0.6) is 0 Å². The first-order valence-corrected chi connectivity index (χ1v) is 4.63. The van der Waals surface area contributed by atoms with Crippen LogP contribution in [-0.2, 0) is 0 Å². The Morgan fingerprint density at radius 3 is 2.87 bits per heavy atom. The minimum Gasteiger partial charge on any atom is -0.384 e. The van der Waals surface area contributed by atoms with Crippen LogP contribution in [0.25, 0.3) is 11.3 Å². The molecule has 0 spiro atoms. The van der Waals surface area contributed by atoms with Crippen LogP contribution in [0.1, 0.15) is 11.4 Å². The zero-order chi connectivity index (χ0) is 10.8. The smallest absolute Gasteiger partial charge is 0.122 e. The molecule has 2 aromatic rings. The van der Waals surface area contributed by atoms with Crippen LogP contribution in [-0.4, -0.2) is 15.8 Å². The number of nitrogens with two attached hydrogens (primary N) is 1. The number of aromatic nitrogens is 2. The number of aryl methyl sites for hydroxylation is 1. The number of benzene rings is 1. The summed E-state index contributed by atoms with van der Waals surface area (Å²) in [7, 11) is 0. The van der Waals surface area contributed by atoms with E-state index in [-0.39, 0.29) is 5.84 Å². The highest BCUT2D eigenvalue weighted by Crippen LogP contribution is 2.17. The van der Waals surface area contributed by atoms with Gasteiger partial charge in [0.15, 0.2) is 0 Å². The molecule has 4 N–H and O–H groups in total. The molecule has 1 aromatic carbocycles. The largest absolute Gasteiger partial charge is 0.384 e. The van der Waals surface area contributed by atoms with Crippen molar-refractivity contribution in [3.8, 4) is 11.3 Å². The summed E-state index contributed by atoms with van der Waals surface area (Å²) in [6, 6.07) is 7.52. The zero-order valence-electron chi connectivity index (χ0n) is 8.41. The Bertz CT molecular complexity index is 499. The number of nitrogen functional groups attached to an aromatic ring is 1. The van der Waals surface area contributed by atoms with E-state index in [4.69, 9.17) is 11.1 Å². The van der Waals surface area contributed by atoms with Crippen LogP contribution in [0, 0.1) is 12.3 Å². The monoisotopic (exact) mass is 200 g/mol. The number of H-pyrrole nitrogens is 1. The highest BCUT2D eigenvalue weighted by molar-refractivity contribution is 5.95. The van der Waals surface area contributed by atoms with Crippen molar-refractivity contribution in [2.45, 2.75) is 6.92 Å². The lowest BCUT2D eigenvalue weighted by molar-refractivity contribution is 1.15. The number of amidine groups is 1. The first kappa shape index (κ1) is 9.45. The summed E-state index contributed by atoms with van der Waals surface area (Å²) < 4.78 is 0. The average Bonchev–Trinajstić information content (AvgIpc) is 2.65. The highest BCUT2D eigenvalue weighted by atomic mass is 14.9. The molecule has 0 amide bonds. The normalized spacial score (nSPS) is 10.2. The van der Waals surface area contributed by atoms with Gasteiger partial charge < -0.3 is 10.7 Å². The van der Waals surface area contributed by atoms with Gasteiger partial charge in [-0.3, -0.25) is 5.41 Å². The Kier molecular flexibility index (Phi) is 2.25. The van der Waals surface area contributed by atoms with Crippen LogP contribution in [0.3, 0.4) is 0 Å². The van der Waals surface area contributed by atoms with E-state index >= 15 is 0 Å². The Balaban J connectivity index is 2.45. The summed E-state index contributed by atoms with van der Waals surface area (Å²) in [6.45, 7) is 1.90. The topological polar surface area (TPSA) is 78.6 Å². The van der Waals surface area contributed by atoms with Crippen LogP contribution in [0.4, 0.5) is 0 Å². The Morgan fingerprint density at radius 2 is 2.27 bits per heavy atom. The minimum absolute atomic E-state index is 0.0769. The van der Waals surface area contributed by atoms with Crippen molar-refractivity contribution in [3.05, 3.63) is 41.9 Å². The molecule has 0 aliphatic rings. The van der Waals surface area contributed by atoms with Crippen molar-refractivity contribution in [2.75, 3.05) is 0 Å². The van der Waals surface area contributed by atoms with Crippen LogP contribution >= 0.6 is 0 Å². The van der Waals surface area contributed by atoms with Crippen LogP contribution < -0.4 is 5.73 Å². The number of nitrogens with zero attached hydrogens (tertiary/aromatic N) is 1. The fourth-order valence-corrected chi connectivity index (χ4v) is 1.42. The van der Waals surface area contributed by atoms with E-state index in [1.54, 1.807) is 6.20 Å². The second kappa shape index (κ2) is 3.57. The molecule has 0 fully saturated rings. The first-order chi connectivity index (χ1) is 7.16. The predicted octanol–water partition coefficient (Wildman–Crippen LogP) is 1.67. The van der Waals surface area contributed by atoms with E-state index in [0.29, 0.717) is 0 Å². The van der Waals surface area contributed by atoms with Gasteiger partial charge >= 0.3 is 0 Å². The maximum absolute atomic E-state index is 7.35. The van der Waals surface area contributed by atoms with Crippen LogP contribution in [0.15, 0.2) is 30.5 Å². The van der Waals surface area contributed by atoms with Gasteiger partial charge in [0, 0.05) is 11.1 Å². The Hall–Kier alpha value is -2.10. The van der Waals surface area contributed by atoms with E-state index in [9.17, 15) is 0 Å². The molecule has 0 aliphatic carbocycles. The SMILES string of the molecule is Cc1ncc(-c2cccc(C(=N)N)c2)[nH]1. The summed E-state index contributed by atoms with van der Waals surface area (Å²) in [5.74, 6) is 0.950. The molecule has 15 heavy (non-hydrogen) atoms. The molecule has 1 heterocycles. The first-order valence-electron chi connectivity index (χ1n) is 4.63. The summed E-state index contributed by atoms with van der Waals surface area (Å²) in [5, 5.41) is 7.35. The van der Waals surface area contributed by atoms with Crippen LogP contribution in [0.2, 0.25) is 0 Å². The zero-order valence-corrected chi connectivity index (χ0v) is 8.41. The number of rotatable bonds is 2. The summed E-state index contributed by atoms with van der Waals surface area (Å²) in [5.41, 5.74) is 8.07. The fourth-order valence-electron chi connectivity index (χ4n) is 1.42. The van der Waals surface area contributed by atoms with Crippen molar-refractivity contribution < 1.29 is 0 Å². The van der Waals surface area contributed by atoms with E-state index in [0.717, 1.165) is 22.6 Å². The third-order valence-electron chi connectivity index (χ3n) is 2.19. The maximum atomic E-state index is 7.35. The molecule has 1 aromatic heterocycles. The summed E-state index contributed by atoms with van der Waals surface area (Å²) in [6.07, 6.45) is 1.77. The molecule has 0 bridgehead atoms. The second-order valence-electron chi connectivity index (χ2n) is 3.38. The number of hydrogen-bond donors (Lipinski definition) is 3. The summed E-state index contributed by atoms with van der Waals surface area (Å²) >= 11 is 0. The van der Waals surface area contributed by atoms with Crippen molar-refractivity contribution in [1.29, 1.82) is 5.41 Å². The van der Waals surface area contributed by atoms with E-state index in [1.807, 2.05) is 31.2 Å². The molecule has 0 radical (unpaired) electrons. The molecule has 0 unspecified atom stereocenters. The van der Waals surface area contributed by atoms with Gasteiger partial charge in [-0.2, -0.15) is 0 Å². The average molecular weight is 200 g/mol. The van der Waals surface area contributed by atoms with Gasteiger partial charge in [-0.15, -0.1) is 0 Å². The fraction of sp³-hybridized carbons (Fsp3) is 0.0909.